The molecule has 25 heavy (non-hydrogen) atoms. The van der Waals surface area contributed by atoms with E-state index >= 15 is 0 Å². The fourth-order valence-electron chi connectivity index (χ4n) is 2.05. The molecule has 0 radical (unpaired) electrons. The second-order valence-corrected chi connectivity index (χ2v) is 5.74. The van der Waals surface area contributed by atoms with Crippen LogP contribution in [0.4, 0.5) is 0 Å². The van der Waals surface area contributed by atoms with Gasteiger partial charge in [0.2, 0.25) is 0 Å². The lowest BCUT2D eigenvalue weighted by Crippen LogP contribution is -2.23. The number of carbonyl (C=O) groups excluding carboxylic acids is 1. The van der Waals surface area contributed by atoms with Crippen LogP contribution in [0.3, 0.4) is 0 Å². The fourth-order valence-corrected chi connectivity index (χ4v) is 2.18. The van der Waals surface area contributed by atoms with Gasteiger partial charge in [-0.05, 0) is 43.3 Å². The first kappa shape index (κ1) is 16.9. The molecule has 0 aliphatic heterocycles. The van der Waals surface area contributed by atoms with Gasteiger partial charge in [-0.2, -0.15) is 0 Å². The van der Waals surface area contributed by atoms with Crippen LogP contribution in [-0.4, -0.2) is 26.8 Å². The highest BCUT2D eigenvalue weighted by atomic mass is 35.5. The van der Waals surface area contributed by atoms with Crippen molar-refractivity contribution >= 4 is 23.3 Å². The number of rotatable bonds is 4. The maximum atomic E-state index is 12.7. The number of hydrogen-bond donors (Lipinski definition) is 0. The molecule has 6 nitrogen and oxygen atoms in total. The minimum absolute atomic E-state index is 0.128. The fraction of sp³-hybridized carbons (Fsp3) is 0.111. The molecule has 0 atom stereocenters. The number of benzene rings is 2. The second kappa shape index (κ2) is 7.27. The van der Waals surface area contributed by atoms with E-state index in [0.29, 0.717) is 16.3 Å². The molecular formula is C18H15ClN4O2. The van der Waals surface area contributed by atoms with Crippen LogP contribution in [0.25, 0.3) is 0 Å². The largest absolute Gasteiger partial charge is 0.422 e. The van der Waals surface area contributed by atoms with Crippen LogP contribution in [0, 0.1) is 13.8 Å². The predicted molar refractivity (Wildman–Crippen MR) is 95.0 cm³/mol. The van der Waals surface area contributed by atoms with E-state index in [1.807, 2.05) is 32.0 Å². The topological polar surface area (TPSA) is 69.4 Å². The Bertz CT molecular complexity index is 918. The Morgan fingerprint density at radius 1 is 1.08 bits per heavy atom. The number of hydrogen-bond acceptors (Lipinski definition) is 5. The summed E-state index contributed by atoms with van der Waals surface area (Å²) in [6.45, 7) is 3.65. The average Bonchev–Trinajstić information content (AvgIpc) is 2.94. The maximum absolute atomic E-state index is 12.7. The van der Waals surface area contributed by atoms with Crippen LogP contribution >= 0.6 is 11.6 Å². The zero-order chi connectivity index (χ0) is 17.8. The third-order valence-corrected chi connectivity index (χ3v) is 3.81. The summed E-state index contributed by atoms with van der Waals surface area (Å²) < 4.78 is 5.41. The van der Waals surface area contributed by atoms with Gasteiger partial charge in [0.15, 0.2) is 5.71 Å². The van der Waals surface area contributed by atoms with E-state index in [1.54, 1.807) is 36.4 Å². The van der Waals surface area contributed by atoms with Crippen LogP contribution in [-0.2, 0) is 4.79 Å². The van der Waals surface area contributed by atoms with Gasteiger partial charge < -0.3 is 4.74 Å². The van der Waals surface area contributed by atoms with E-state index < -0.39 is 5.97 Å². The number of carbonyl (C=O) groups is 1. The summed E-state index contributed by atoms with van der Waals surface area (Å²) in [5, 5.41) is 12.8. The molecule has 0 aliphatic carbocycles. The molecule has 0 saturated heterocycles. The van der Waals surface area contributed by atoms with Crippen molar-refractivity contribution in [3.63, 3.8) is 0 Å². The minimum atomic E-state index is -0.596. The van der Waals surface area contributed by atoms with Gasteiger partial charge >= 0.3 is 5.97 Å². The molecule has 0 fully saturated rings. The van der Waals surface area contributed by atoms with Gasteiger partial charge in [0, 0.05) is 10.6 Å². The van der Waals surface area contributed by atoms with E-state index in [-0.39, 0.29) is 5.71 Å². The van der Waals surface area contributed by atoms with Crippen molar-refractivity contribution in [1.82, 2.24) is 15.1 Å². The summed E-state index contributed by atoms with van der Waals surface area (Å²) in [6, 6.07) is 15.6. The Morgan fingerprint density at radius 2 is 1.76 bits per heavy atom. The van der Waals surface area contributed by atoms with Crippen molar-refractivity contribution in [3.8, 4) is 5.75 Å². The molecule has 1 aromatic heterocycles. The van der Waals surface area contributed by atoms with Gasteiger partial charge in [-0.1, -0.05) is 41.9 Å². The van der Waals surface area contributed by atoms with E-state index in [9.17, 15) is 4.79 Å². The minimum Gasteiger partial charge on any atom is -0.422 e. The van der Waals surface area contributed by atoms with Crippen molar-refractivity contribution < 1.29 is 9.53 Å². The average molecular weight is 355 g/mol. The zero-order valence-electron chi connectivity index (χ0n) is 13.7. The Balaban J connectivity index is 1.97. The zero-order valence-corrected chi connectivity index (χ0v) is 14.4. The first-order valence-corrected chi connectivity index (χ1v) is 7.93. The molecule has 0 amide bonds. The molecular weight excluding hydrogens is 340 g/mol. The lowest BCUT2D eigenvalue weighted by atomic mass is 10.1. The Hall–Kier alpha value is -2.99. The SMILES string of the molecule is Cc1nnn(/N=C(/C(=O)Oc2ccc(Cl)cc2)c2ccccc2)c1C. The molecule has 0 unspecified atom stereocenters. The molecule has 0 aliphatic rings. The predicted octanol–water partition coefficient (Wildman–Crippen LogP) is 3.41. The number of aryl methyl sites for hydroxylation is 1. The lowest BCUT2D eigenvalue weighted by molar-refractivity contribution is -0.126. The molecule has 0 saturated carbocycles. The molecule has 0 spiro atoms. The summed E-state index contributed by atoms with van der Waals surface area (Å²) in [5.74, 6) is -0.217. The van der Waals surface area contributed by atoms with Crippen molar-refractivity contribution in [2.45, 2.75) is 13.8 Å². The summed E-state index contributed by atoms with van der Waals surface area (Å²) >= 11 is 5.85. The third kappa shape index (κ3) is 3.92. The van der Waals surface area contributed by atoms with Gasteiger partial charge in [-0.3, -0.25) is 0 Å². The summed E-state index contributed by atoms with van der Waals surface area (Å²) in [4.78, 5) is 14.0. The standard InChI is InChI=1S/C18H15ClN4O2/c1-12-13(2)23(22-20-12)21-17(14-6-4-3-5-7-14)18(24)25-16-10-8-15(19)9-11-16/h3-11H,1-2H3/b21-17+. The monoisotopic (exact) mass is 354 g/mol. The number of nitrogens with zero attached hydrogens (tertiary/aromatic N) is 4. The summed E-state index contributed by atoms with van der Waals surface area (Å²) in [7, 11) is 0. The number of esters is 1. The highest BCUT2D eigenvalue weighted by Gasteiger charge is 2.18. The molecule has 2 aromatic carbocycles. The first-order chi connectivity index (χ1) is 12.0. The van der Waals surface area contributed by atoms with Gasteiger partial charge in [-0.15, -0.1) is 15.0 Å². The number of halogens is 1. The molecule has 3 rings (SSSR count). The normalized spacial score (nSPS) is 11.4. The maximum Gasteiger partial charge on any atom is 0.364 e. The smallest absolute Gasteiger partial charge is 0.364 e. The van der Waals surface area contributed by atoms with Crippen LogP contribution in [0.2, 0.25) is 5.02 Å². The summed E-state index contributed by atoms with van der Waals surface area (Å²) in [5.41, 5.74) is 2.23. The van der Waals surface area contributed by atoms with Crippen molar-refractivity contribution in [2.75, 3.05) is 0 Å². The van der Waals surface area contributed by atoms with Gasteiger partial charge in [0.1, 0.15) is 5.75 Å². The van der Waals surface area contributed by atoms with Crippen LogP contribution in [0.5, 0.6) is 5.75 Å². The third-order valence-electron chi connectivity index (χ3n) is 3.56. The highest BCUT2D eigenvalue weighted by molar-refractivity contribution is 6.43. The molecule has 3 aromatic rings. The molecule has 1 heterocycles. The van der Waals surface area contributed by atoms with Crippen LogP contribution < -0.4 is 4.74 Å². The van der Waals surface area contributed by atoms with Gasteiger partial charge in [0.25, 0.3) is 0 Å². The number of aromatic nitrogens is 3. The summed E-state index contributed by atoms with van der Waals surface area (Å²) in [6.07, 6.45) is 0. The van der Waals surface area contributed by atoms with Crippen molar-refractivity contribution in [2.24, 2.45) is 5.10 Å². The van der Waals surface area contributed by atoms with Gasteiger partial charge in [-0.25, -0.2) is 4.79 Å². The van der Waals surface area contributed by atoms with E-state index in [0.717, 1.165) is 11.4 Å². The Morgan fingerprint density at radius 3 is 2.36 bits per heavy atom. The molecule has 7 heteroatoms. The number of ether oxygens (including phenoxy) is 1. The highest BCUT2D eigenvalue weighted by Crippen LogP contribution is 2.16. The van der Waals surface area contributed by atoms with Crippen LogP contribution in [0.1, 0.15) is 17.0 Å². The lowest BCUT2D eigenvalue weighted by Gasteiger charge is -2.08. The molecule has 0 bridgehead atoms. The molecule has 126 valence electrons. The second-order valence-electron chi connectivity index (χ2n) is 5.31. The molecule has 0 N–H and O–H groups in total. The van der Waals surface area contributed by atoms with E-state index in [2.05, 4.69) is 15.4 Å². The van der Waals surface area contributed by atoms with Crippen LogP contribution in [0.15, 0.2) is 59.7 Å². The van der Waals surface area contributed by atoms with E-state index in [1.165, 1.54) is 4.79 Å². The van der Waals surface area contributed by atoms with E-state index in [4.69, 9.17) is 16.3 Å². The van der Waals surface area contributed by atoms with Gasteiger partial charge in [0.05, 0.1) is 11.4 Å². The van der Waals surface area contributed by atoms with Crippen molar-refractivity contribution in [3.05, 3.63) is 76.6 Å². The quantitative estimate of drug-likeness (QED) is 0.409. The Kier molecular flexibility index (Phi) is 4.90. The Labute approximate surface area is 149 Å². The first-order valence-electron chi connectivity index (χ1n) is 7.55. The van der Waals surface area contributed by atoms with Crippen molar-refractivity contribution in [1.29, 1.82) is 0 Å².